The molecule has 190 valence electrons. The van der Waals surface area contributed by atoms with Crippen LogP contribution in [-0.2, 0) is 4.74 Å². The molecular formula is C31H31NO5. The number of phenolic OH excluding ortho intramolecular Hbond substituents is 1. The van der Waals surface area contributed by atoms with Crippen molar-refractivity contribution in [2.75, 3.05) is 33.4 Å². The summed E-state index contributed by atoms with van der Waals surface area (Å²) in [6, 6.07) is 24.0. The highest BCUT2D eigenvalue weighted by Crippen LogP contribution is 2.40. The average Bonchev–Trinajstić information content (AvgIpc) is 2.94. The van der Waals surface area contributed by atoms with Crippen LogP contribution in [0.5, 0.6) is 23.0 Å². The molecule has 1 saturated heterocycles. The molecule has 0 aliphatic carbocycles. The van der Waals surface area contributed by atoms with Crippen molar-refractivity contribution < 1.29 is 24.1 Å². The molecule has 0 amide bonds. The number of carbonyl (C=O) groups excluding carboxylic acids is 1. The lowest BCUT2D eigenvalue weighted by Crippen LogP contribution is -2.33. The number of methoxy groups -OCH3 is 1. The van der Waals surface area contributed by atoms with Gasteiger partial charge in [-0.15, -0.1) is 0 Å². The number of piperidine rings is 1. The molecule has 1 aliphatic rings. The Labute approximate surface area is 217 Å². The first-order chi connectivity index (χ1) is 18.1. The van der Waals surface area contributed by atoms with Crippen LogP contribution in [0.3, 0.4) is 0 Å². The molecule has 1 N–H and O–H groups in total. The largest absolute Gasteiger partial charge is 0.508 e. The smallest absolute Gasteiger partial charge is 0.337 e. The van der Waals surface area contributed by atoms with E-state index in [-0.39, 0.29) is 11.7 Å². The zero-order chi connectivity index (χ0) is 25.6. The van der Waals surface area contributed by atoms with E-state index in [2.05, 4.69) is 4.90 Å². The second-order valence-electron chi connectivity index (χ2n) is 9.24. The molecule has 0 aromatic heterocycles. The maximum atomic E-state index is 11.9. The quantitative estimate of drug-likeness (QED) is 0.275. The first-order valence-corrected chi connectivity index (χ1v) is 12.7. The predicted molar refractivity (Wildman–Crippen MR) is 145 cm³/mol. The van der Waals surface area contributed by atoms with Crippen LogP contribution in [0.1, 0.15) is 29.6 Å². The lowest BCUT2D eigenvalue weighted by molar-refractivity contribution is 0.0600. The van der Waals surface area contributed by atoms with Gasteiger partial charge in [-0.05, 0) is 97.5 Å². The molecule has 1 heterocycles. The normalized spacial score (nSPS) is 13.9. The maximum Gasteiger partial charge on any atom is 0.337 e. The van der Waals surface area contributed by atoms with Crippen molar-refractivity contribution in [1.82, 2.24) is 4.90 Å². The van der Waals surface area contributed by atoms with Gasteiger partial charge >= 0.3 is 5.97 Å². The number of hydrogen-bond acceptors (Lipinski definition) is 6. The lowest BCUT2D eigenvalue weighted by atomic mass is 9.98. The van der Waals surface area contributed by atoms with Crippen LogP contribution in [0, 0.1) is 0 Å². The Hall–Kier alpha value is -4.03. The Balaban J connectivity index is 1.38. The number of carbonyl (C=O) groups is 1. The Kier molecular flexibility index (Phi) is 7.57. The maximum absolute atomic E-state index is 11.9. The van der Waals surface area contributed by atoms with Crippen LogP contribution in [0.4, 0.5) is 0 Å². The lowest BCUT2D eigenvalue weighted by Gasteiger charge is -2.26. The van der Waals surface area contributed by atoms with E-state index in [4.69, 9.17) is 14.2 Å². The first-order valence-electron chi connectivity index (χ1n) is 12.7. The van der Waals surface area contributed by atoms with E-state index in [1.807, 2.05) is 54.6 Å². The standard InChI is InChI=1S/C31H31NO5/c1-35-31(34)23-7-5-22(6-8-23)28-15-9-24-21-25(33)10-16-29(24)30(28)37-27-13-11-26(12-14-27)36-20-19-32-17-3-2-4-18-32/h5-16,21,33H,2-4,17-20H2,1H3. The molecule has 0 spiro atoms. The van der Waals surface area contributed by atoms with Gasteiger partial charge in [0.25, 0.3) is 0 Å². The SMILES string of the molecule is COC(=O)c1ccc(-c2ccc3cc(O)ccc3c2Oc2ccc(OCCN3CCCCC3)cc2)cc1. The fourth-order valence-electron chi connectivity index (χ4n) is 4.73. The van der Waals surface area contributed by atoms with E-state index >= 15 is 0 Å². The second-order valence-corrected chi connectivity index (χ2v) is 9.24. The molecule has 1 aliphatic heterocycles. The number of fused-ring (bicyclic) bond motifs is 1. The zero-order valence-electron chi connectivity index (χ0n) is 21.0. The Morgan fingerprint density at radius 3 is 2.32 bits per heavy atom. The van der Waals surface area contributed by atoms with Crippen molar-refractivity contribution in [2.45, 2.75) is 19.3 Å². The average molecular weight is 498 g/mol. The van der Waals surface area contributed by atoms with Gasteiger partial charge in [-0.1, -0.05) is 24.6 Å². The summed E-state index contributed by atoms with van der Waals surface area (Å²) in [5.41, 5.74) is 2.25. The predicted octanol–water partition coefficient (Wildman–Crippen LogP) is 6.66. The van der Waals surface area contributed by atoms with Crippen LogP contribution < -0.4 is 9.47 Å². The van der Waals surface area contributed by atoms with Gasteiger partial charge in [0.2, 0.25) is 0 Å². The summed E-state index contributed by atoms with van der Waals surface area (Å²) in [7, 11) is 1.37. The molecule has 0 radical (unpaired) electrons. The minimum Gasteiger partial charge on any atom is -0.508 e. The number of hydrogen-bond donors (Lipinski definition) is 1. The molecule has 5 rings (SSSR count). The molecule has 4 aromatic carbocycles. The van der Waals surface area contributed by atoms with Gasteiger partial charge in [-0.3, -0.25) is 4.90 Å². The fourth-order valence-corrected chi connectivity index (χ4v) is 4.73. The van der Waals surface area contributed by atoms with E-state index < -0.39 is 0 Å². The van der Waals surface area contributed by atoms with Gasteiger partial charge in [0.05, 0.1) is 12.7 Å². The number of aromatic hydroxyl groups is 1. The highest BCUT2D eigenvalue weighted by atomic mass is 16.5. The summed E-state index contributed by atoms with van der Waals surface area (Å²) in [4.78, 5) is 14.3. The molecule has 0 atom stereocenters. The van der Waals surface area contributed by atoms with Gasteiger partial charge in [-0.25, -0.2) is 4.79 Å². The molecular weight excluding hydrogens is 466 g/mol. The molecule has 6 heteroatoms. The number of rotatable bonds is 8. The van der Waals surface area contributed by atoms with E-state index in [9.17, 15) is 9.90 Å². The summed E-state index contributed by atoms with van der Waals surface area (Å²) in [5, 5.41) is 11.7. The number of nitrogens with zero attached hydrogens (tertiary/aromatic N) is 1. The Morgan fingerprint density at radius 1 is 0.865 bits per heavy atom. The van der Waals surface area contributed by atoms with Crippen molar-refractivity contribution in [2.24, 2.45) is 0 Å². The molecule has 1 fully saturated rings. The summed E-state index contributed by atoms with van der Waals surface area (Å²) >= 11 is 0. The number of likely N-dealkylation sites (tertiary alicyclic amines) is 1. The second kappa shape index (κ2) is 11.4. The number of benzene rings is 4. The molecule has 37 heavy (non-hydrogen) atoms. The van der Waals surface area contributed by atoms with Crippen LogP contribution in [0.15, 0.2) is 78.9 Å². The molecule has 0 bridgehead atoms. The fraction of sp³-hybridized carbons (Fsp3) is 0.258. The van der Waals surface area contributed by atoms with E-state index in [1.54, 1.807) is 24.3 Å². The molecule has 4 aromatic rings. The van der Waals surface area contributed by atoms with Crippen LogP contribution in [0.25, 0.3) is 21.9 Å². The third-order valence-electron chi connectivity index (χ3n) is 6.74. The summed E-state index contributed by atoms with van der Waals surface area (Å²) in [6.45, 7) is 3.93. The van der Waals surface area contributed by atoms with Crippen molar-refractivity contribution >= 4 is 16.7 Å². The Morgan fingerprint density at radius 2 is 1.59 bits per heavy atom. The first kappa shape index (κ1) is 24.7. The molecule has 0 saturated carbocycles. The van der Waals surface area contributed by atoms with Gasteiger partial charge in [-0.2, -0.15) is 0 Å². The topological polar surface area (TPSA) is 68.2 Å². The minimum atomic E-state index is -0.379. The van der Waals surface area contributed by atoms with Crippen molar-refractivity contribution in [3.8, 4) is 34.1 Å². The third-order valence-corrected chi connectivity index (χ3v) is 6.74. The van der Waals surface area contributed by atoms with E-state index in [0.717, 1.165) is 47.3 Å². The summed E-state index contributed by atoms with van der Waals surface area (Å²) < 4.78 is 17.2. The van der Waals surface area contributed by atoms with Crippen LogP contribution >= 0.6 is 0 Å². The summed E-state index contributed by atoms with van der Waals surface area (Å²) in [6.07, 6.45) is 3.88. The van der Waals surface area contributed by atoms with Crippen molar-refractivity contribution in [1.29, 1.82) is 0 Å². The van der Waals surface area contributed by atoms with E-state index in [0.29, 0.717) is 23.7 Å². The number of phenols is 1. The van der Waals surface area contributed by atoms with Crippen LogP contribution in [0.2, 0.25) is 0 Å². The van der Waals surface area contributed by atoms with E-state index in [1.165, 1.54) is 26.4 Å². The van der Waals surface area contributed by atoms with Gasteiger partial charge in [0.1, 0.15) is 29.6 Å². The van der Waals surface area contributed by atoms with Gasteiger partial charge in [0, 0.05) is 17.5 Å². The highest BCUT2D eigenvalue weighted by molar-refractivity contribution is 5.96. The van der Waals surface area contributed by atoms with Gasteiger partial charge < -0.3 is 19.3 Å². The van der Waals surface area contributed by atoms with Crippen LogP contribution in [-0.4, -0.2) is 49.3 Å². The highest BCUT2D eigenvalue weighted by Gasteiger charge is 2.15. The third kappa shape index (κ3) is 5.87. The van der Waals surface area contributed by atoms with Gasteiger partial charge in [0.15, 0.2) is 0 Å². The monoisotopic (exact) mass is 497 g/mol. The zero-order valence-corrected chi connectivity index (χ0v) is 21.0. The van der Waals surface area contributed by atoms with Crippen molar-refractivity contribution in [3.63, 3.8) is 0 Å². The molecule has 6 nitrogen and oxygen atoms in total. The van der Waals surface area contributed by atoms with Crippen molar-refractivity contribution in [3.05, 3.63) is 84.4 Å². The number of ether oxygens (including phenoxy) is 3. The minimum absolute atomic E-state index is 0.194. The summed E-state index contributed by atoms with van der Waals surface area (Å²) in [5.74, 6) is 1.97. The number of esters is 1. The Bertz CT molecular complexity index is 1360. The molecule has 0 unspecified atom stereocenters.